The number of ether oxygens (including phenoxy) is 1. The van der Waals surface area contributed by atoms with Crippen molar-refractivity contribution in [2.75, 3.05) is 13.7 Å². The summed E-state index contributed by atoms with van der Waals surface area (Å²) in [6, 6.07) is 12.8. The number of carbonyl (C=O) groups excluding carboxylic acids is 1. The van der Waals surface area contributed by atoms with Crippen molar-refractivity contribution in [2.24, 2.45) is 0 Å². The Hall–Kier alpha value is -2.40. The third-order valence-electron chi connectivity index (χ3n) is 4.05. The minimum Gasteiger partial charge on any atom is -0.375 e. The zero-order chi connectivity index (χ0) is 16.2. The molecule has 1 amide bonds. The Morgan fingerprint density at radius 2 is 2.04 bits per heavy atom. The van der Waals surface area contributed by atoms with E-state index in [1.807, 2.05) is 30.3 Å². The van der Waals surface area contributed by atoms with Gasteiger partial charge in [0.15, 0.2) is 0 Å². The summed E-state index contributed by atoms with van der Waals surface area (Å²) in [7, 11) is 1.61. The van der Waals surface area contributed by atoms with E-state index in [0.29, 0.717) is 18.0 Å². The van der Waals surface area contributed by atoms with E-state index in [1.54, 1.807) is 13.2 Å². The lowest BCUT2D eigenvalue weighted by atomic mass is 10.1. The molecule has 0 bridgehead atoms. The number of pyridine rings is 1. The van der Waals surface area contributed by atoms with Crippen molar-refractivity contribution in [1.82, 2.24) is 10.3 Å². The second-order valence-corrected chi connectivity index (χ2v) is 5.81. The maximum atomic E-state index is 12.3. The van der Waals surface area contributed by atoms with E-state index in [2.05, 4.69) is 10.3 Å². The maximum absolute atomic E-state index is 12.3. The first-order valence-electron chi connectivity index (χ1n) is 7.77. The summed E-state index contributed by atoms with van der Waals surface area (Å²) in [5.74, 6) is 0.141. The van der Waals surface area contributed by atoms with Gasteiger partial charge in [-0.3, -0.25) is 9.59 Å². The molecule has 1 fully saturated rings. The van der Waals surface area contributed by atoms with E-state index >= 15 is 0 Å². The lowest BCUT2D eigenvalue weighted by Gasteiger charge is -2.16. The molecule has 0 radical (unpaired) electrons. The standard InChI is InChI=1S/C18H20N2O3/c1-23-16(13-5-3-2-4-6-13)11-19-18(22)14-9-15(12-7-8-12)20-17(21)10-14/h2-6,9-10,12,16H,7-8,11H2,1H3,(H,19,22)(H,20,21). The van der Waals surface area contributed by atoms with Crippen molar-refractivity contribution in [3.8, 4) is 0 Å². The maximum Gasteiger partial charge on any atom is 0.251 e. The van der Waals surface area contributed by atoms with Crippen molar-refractivity contribution in [2.45, 2.75) is 24.9 Å². The van der Waals surface area contributed by atoms with Crippen LogP contribution in [0.4, 0.5) is 0 Å². The van der Waals surface area contributed by atoms with Crippen molar-refractivity contribution in [3.63, 3.8) is 0 Å². The lowest BCUT2D eigenvalue weighted by molar-refractivity contribution is 0.0827. The Bertz CT molecular complexity index is 735. The van der Waals surface area contributed by atoms with Crippen molar-refractivity contribution in [3.05, 3.63) is 69.6 Å². The number of hydrogen-bond donors (Lipinski definition) is 2. The van der Waals surface area contributed by atoms with Gasteiger partial charge in [0.25, 0.3) is 5.91 Å². The highest BCUT2D eigenvalue weighted by molar-refractivity contribution is 5.94. The minimum atomic E-state index is -0.254. The molecule has 23 heavy (non-hydrogen) atoms. The molecule has 0 aliphatic heterocycles. The van der Waals surface area contributed by atoms with Gasteiger partial charge in [0.1, 0.15) is 0 Å². The molecule has 1 heterocycles. The van der Waals surface area contributed by atoms with Gasteiger partial charge in [-0.1, -0.05) is 30.3 Å². The van der Waals surface area contributed by atoms with Crippen LogP contribution in [0.25, 0.3) is 0 Å². The number of hydrogen-bond acceptors (Lipinski definition) is 3. The van der Waals surface area contributed by atoms with E-state index in [1.165, 1.54) is 6.07 Å². The fourth-order valence-electron chi connectivity index (χ4n) is 2.60. The molecule has 2 aromatic rings. The molecule has 3 rings (SSSR count). The molecule has 5 nitrogen and oxygen atoms in total. The zero-order valence-electron chi connectivity index (χ0n) is 13.0. The first-order chi connectivity index (χ1) is 11.2. The van der Waals surface area contributed by atoms with E-state index in [0.717, 1.165) is 24.1 Å². The Morgan fingerprint density at radius 1 is 1.30 bits per heavy atom. The summed E-state index contributed by atoms with van der Waals surface area (Å²) < 4.78 is 5.44. The van der Waals surface area contributed by atoms with Gasteiger partial charge >= 0.3 is 0 Å². The smallest absolute Gasteiger partial charge is 0.251 e. The van der Waals surface area contributed by atoms with E-state index in [4.69, 9.17) is 4.74 Å². The normalized spacial score (nSPS) is 15.2. The highest BCUT2D eigenvalue weighted by Crippen LogP contribution is 2.38. The van der Waals surface area contributed by atoms with Gasteiger partial charge in [-0.25, -0.2) is 0 Å². The first-order valence-corrected chi connectivity index (χ1v) is 7.77. The van der Waals surface area contributed by atoms with Crippen LogP contribution in [0.1, 0.15) is 46.5 Å². The van der Waals surface area contributed by atoms with Gasteiger partial charge in [0.05, 0.1) is 6.10 Å². The number of aromatic amines is 1. The summed E-state index contributed by atoms with van der Waals surface area (Å²) in [5, 5.41) is 2.85. The highest BCUT2D eigenvalue weighted by atomic mass is 16.5. The summed E-state index contributed by atoms with van der Waals surface area (Å²) in [5.41, 5.74) is 2.03. The van der Waals surface area contributed by atoms with Crippen molar-refractivity contribution < 1.29 is 9.53 Å². The van der Waals surface area contributed by atoms with Crippen LogP contribution in [0.15, 0.2) is 47.3 Å². The second-order valence-electron chi connectivity index (χ2n) is 5.81. The predicted molar refractivity (Wildman–Crippen MR) is 87.6 cm³/mol. The summed E-state index contributed by atoms with van der Waals surface area (Å²) in [6.07, 6.45) is 1.92. The highest BCUT2D eigenvalue weighted by Gasteiger charge is 2.25. The third kappa shape index (κ3) is 3.87. The number of rotatable bonds is 6. The SMILES string of the molecule is COC(CNC(=O)c1cc(C2CC2)[nH]c(=O)c1)c1ccccc1. The summed E-state index contributed by atoms with van der Waals surface area (Å²) in [4.78, 5) is 26.8. The third-order valence-corrected chi connectivity index (χ3v) is 4.05. The Labute approximate surface area is 134 Å². The molecule has 1 atom stereocenters. The van der Waals surface area contributed by atoms with Crippen LogP contribution in [0.2, 0.25) is 0 Å². The second kappa shape index (κ2) is 6.79. The van der Waals surface area contributed by atoms with Crippen molar-refractivity contribution >= 4 is 5.91 Å². The van der Waals surface area contributed by atoms with Gasteiger partial charge in [-0.05, 0) is 30.4 Å². The largest absolute Gasteiger partial charge is 0.375 e. The van der Waals surface area contributed by atoms with Crippen LogP contribution in [0.3, 0.4) is 0 Å². The van der Waals surface area contributed by atoms with Gasteiger partial charge in [-0.2, -0.15) is 0 Å². The van der Waals surface area contributed by atoms with E-state index in [9.17, 15) is 9.59 Å². The average molecular weight is 312 g/mol. The Balaban J connectivity index is 1.68. The first kappa shape index (κ1) is 15.5. The van der Waals surface area contributed by atoms with Crippen LogP contribution >= 0.6 is 0 Å². The van der Waals surface area contributed by atoms with E-state index < -0.39 is 0 Å². The molecule has 0 spiro atoms. The summed E-state index contributed by atoms with van der Waals surface area (Å²) in [6.45, 7) is 0.352. The van der Waals surface area contributed by atoms with E-state index in [-0.39, 0.29) is 17.6 Å². The topological polar surface area (TPSA) is 71.2 Å². The quantitative estimate of drug-likeness (QED) is 0.860. The number of amides is 1. The van der Waals surface area contributed by atoms with Crippen molar-refractivity contribution in [1.29, 1.82) is 0 Å². The molecule has 1 aromatic heterocycles. The molecule has 2 N–H and O–H groups in total. The van der Waals surface area contributed by atoms with Crippen LogP contribution in [-0.4, -0.2) is 24.5 Å². The molecule has 1 aromatic carbocycles. The van der Waals surface area contributed by atoms with Gasteiger partial charge in [0, 0.05) is 31.0 Å². The van der Waals surface area contributed by atoms with Crippen LogP contribution in [0.5, 0.6) is 0 Å². The molecule has 1 aliphatic carbocycles. The zero-order valence-corrected chi connectivity index (χ0v) is 13.0. The number of H-pyrrole nitrogens is 1. The predicted octanol–water partition coefficient (Wildman–Crippen LogP) is 2.37. The number of benzene rings is 1. The minimum absolute atomic E-state index is 0.218. The molecule has 5 heteroatoms. The van der Waals surface area contributed by atoms with Crippen LogP contribution in [0, 0.1) is 0 Å². The Kier molecular flexibility index (Phi) is 4.57. The Morgan fingerprint density at radius 3 is 2.70 bits per heavy atom. The number of carbonyl (C=O) groups is 1. The average Bonchev–Trinajstić information content (AvgIpc) is 3.40. The van der Waals surface area contributed by atoms with Gasteiger partial charge in [0.2, 0.25) is 5.56 Å². The lowest BCUT2D eigenvalue weighted by Crippen LogP contribution is -2.30. The summed E-state index contributed by atoms with van der Waals surface area (Å²) >= 11 is 0. The van der Waals surface area contributed by atoms with Crippen LogP contribution in [-0.2, 0) is 4.74 Å². The fraction of sp³-hybridized carbons (Fsp3) is 0.333. The fourth-order valence-corrected chi connectivity index (χ4v) is 2.60. The monoisotopic (exact) mass is 312 g/mol. The van der Waals surface area contributed by atoms with Gasteiger partial charge < -0.3 is 15.0 Å². The molecule has 1 unspecified atom stereocenters. The number of aromatic nitrogens is 1. The number of nitrogens with one attached hydrogen (secondary N) is 2. The molecular weight excluding hydrogens is 292 g/mol. The molecule has 120 valence electrons. The number of methoxy groups -OCH3 is 1. The molecule has 1 saturated carbocycles. The molecule has 1 aliphatic rings. The van der Waals surface area contributed by atoms with Crippen LogP contribution < -0.4 is 10.9 Å². The van der Waals surface area contributed by atoms with Gasteiger partial charge in [-0.15, -0.1) is 0 Å². The molecule has 0 saturated heterocycles. The molecular formula is C18H20N2O3.